The molecular formula is C17H27N3O. The van der Waals surface area contributed by atoms with Crippen molar-refractivity contribution in [2.24, 2.45) is 5.92 Å². The molecule has 1 N–H and O–H groups in total. The van der Waals surface area contributed by atoms with Gasteiger partial charge in [-0.3, -0.25) is 0 Å². The van der Waals surface area contributed by atoms with Gasteiger partial charge in [0.1, 0.15) is 5.82 Å². The summed E-state index contributed by atoms with van der Waals surface area (Å²) >= 11 is 0. The molecule has 4 heteroatoms. The predicted molar refractivity (Wildman–Crippen MR) is 85.5 cm³/mol. The zero-order chi connectivity index (χ0) is 14.8. The Labute approximate surface area is 127 Å². The van der Waals surface area contributed by atoms with Crippen LogP contribution in [-0.2, 0) is 13.0 Å². The smallest absolute Gasteiger partial charge is 0.129 e. The standard InChI is InChI=1S/C17H27N3O/c1-3-15-9-13(12-21)10-17(18-15)20-8-6-16-14(11-20)5-4-7-19(16)2/h9-10,14,16,21H,3-8,11-12H2,1-2H3. The molecule has 0 aliphatic carbocycles. The van der Waals surface area contributed by atoms with Crippen LogP contribution in [0.5, 0.6) is 0 Å². The summed E-state index contributed by atoms with van der Waals surface area (Å²) in [6.07, 6.45) is 4.80. The Balaban J connectivity index is 1.78. The van der Waals surface area contributed by atoms with E-state index in [1.807, 2.05) is 6.07 Å². The number of hydrogen-bond donors (Lipinski definition) is 1. The van der Waals surface area contributed by atoms with Crippen molar-refractivity contribution in [2.45, 2.75) is 45.3 Å². The van der Waals surface area contributed by atoms with Gasteiger partial charge in [0.15, 0.2) is 0 Å². The first-order valence-corrected chi connectivity index (χ1v) is 8.27. The van der Waals surface area contributed by atoms with E-state index < -0.39 is 0 Å². The number of aromatic nitrogens is 1. The summed E-state index contributed by atoms with van der Waals surface area (Å²) in [5.74, 6) is 1.83. The SMILES string of the molecule is CCc1cc(CO)cc(N2CCC3C(CCCN3C)C2)n1. The lowest BCUT2D eigenvalue weighted by atomic mass is 9.84. The normalized spacial score (nSPS) is 26.7. The molecule has 3 heterocycles. The summed E-state index contributed by atoms with van der Waals surface area (Å²) in [7, 11) is 2.27. The highest BCUT2D eigenvalue weighted by Gasteiger charge is 2.34. The Kier molecular flexibility index (Phi) is 4.45. The van der Waals surface area contributed by atoms with Crippen molar-refractivity contribution in [2.75, 3.05) is 31.6 Å². The van der Waals surface area contributed by atoms with Crippen LogP contribution in [0, 0.1) is 5.92 Å². The molecule has 0 bridgehead atoms. The second-order valence-electron chi connectivity index (χ2n) is 6.52. The molecule has 2 aliphatic heterocycles. The van der Waals surface area contributed by atoms with Gasteiger partial charge in [0.05, 0.1) is 6.61 Å². The molecule has 2 aliphatic rings. The molecule has 1 aromatic heterocycles. The summed E-state index contributed by atoms with van der Waals surface area (Å²) in [6, 6.07) is 4.83. The Morgan fingerprint density at radius 1 is 1.29 bits per heavy atom. The van der Waals surface area contributed by atoms with Gasteiger partial charge >= 0.3 is 0 Å². The molecule has 2 fully saturated rings. The van der Waals surface area contributed by atoms with Crippen LogP contribution in [0.25, 0.3) is 0 Å². The minimum absolute atomic E-state index is 0.102. The summed E-state index contributed by atoms with van der Waals surface area (Å²) in [4.78, 5) is 9.75. The quantitative estimate of drug-likeness (QED) is 0.924. The molecule has 3 rings (SSSR count). The van der Waals surface area contributed by atoms with E-state index >= 15 is 0 Å². The van der Waals surface area contributed by atoms with Crippen LogP contribution >= 0.6 is 0 Å². The minimum Gasteiger partial charge on any atom is -0.392 e. The maximum atomic E-state index is 9.45. The first kappa shape index (κ1) is 14.8. The molecule has 0 radical (unpaired) electrons. The zero-order valence-electron chi connectivity index (χ0n) is 13.3. The first-order chi connectivity index (χ1) is 10.2. The van der Waals surface area contributed by atoms with E-state index in [4.69, 9.17) is 4.98 Å². The van der Waals surface area contributed by atoms with Crippen molar-refractivity contribution >= 4 is 5.82 Å². The van der Waals surface area contributed by atoms with Crippen LogP contribution in [0.15, 0.2) is 12.1 Å². The average Bonchev–Trinajstić information content (AvgIpc) is 2.54. The fraction of sp³-hybridized carbons (Fsp3) is 0.706. The Morgan fingerprint density at radius 3 is 2.90 bits per heavy atom. The van der Waals surface area contributed by atoms with E-state index in [1.54, 1.807) is 0 Å². The van der Waals surface area contributed by atoms with Gasteiger partial charge in [0.2, 0.25) is 0 Å². The maximum absolute atomic E-state index is 9.45. The van der Waals surface area contributed by atoms with Crippen LogP contribution in [0.3, 0.4) is 0 Å². The van der Waals surface area contributed by atoms with Gasteiger partial charge in [-0.25, -0.2) is 4.98 Å². The second kappa shape index (κ2) is 6.32. The number of anilines is 1. The second-order valence-corrected chi connectivity index (χ2v) is 6.52. The highest BCUT2D eigenvalue weighted by Crippen LogP contribution is 2.31. The topological polar surface area (TPSA) is 39.6 Å². The number of aliphatic hydroxyl groups is 1. The van der Waals surface area contributed by atoms with Crippen LogP contribution in [0.4, 0.5) is 5.82 Å². The zero-order valence-corrected chi connectivity index (χ0v) is 13.3. The molecule has 21 heavy (non-hydrogen) atoms. The van der Waals surface area contributed by atoms with Gasteiger partial charge in [0, 0.05) is 24.8 Å². The van der Waals surface area contributed by atoms with Gasteiger partial charge in [-0.15, -0.1) is 0 Å². The number of aliphatic hydroxyl groups excluding tert-OH is 1. The van der Waals surface area contributed by atoms with Crippen molar-refractivity contribution in [1.82, 2.24) is 9.88 Å². The average molecular weight is 289 g/mol. The number of hydrogen-bond acceptors (Lipinski definition) is 4. The van der Waals surface area contributed by atoms with Crippen molar-refractivity contribution in [3.8, 4) is 0 Å². The van der Waals surface area contributed by atoms with Crippen LogP contribution < -0.4 is 4.90 Å². The third-order valence-corrected chi connectivity index (χ3v) is 5.14. The molecule has 2 unspecified atom stereocenters. The first-order valence-electron chi connectivity index (χ1n) is 8.27. The highest BCUT2D eigenvalue weighted by molar-refractivity contribution is 5.43. The molecule has 116 valence electrons. The van der Waals surface area contributed by atoms with Gasteiger partial charge in [0.25, 0.3) is 0 Å². The van der Waals surface area contributed by atoms with Crippen LogP contribution in [0.2, 0.25) is 0 Å². The van der Waals surface area contributed by atoms with E-state index in [0.717, 1.165) is 48.5 Å². The van der Waals surface area contributed by atoms with Gasteiger partial charge in [-0.1, -0.05) is 6.92 Å². The predicted octanol–water partition coefficient (Wildman–Crippen LogP) is 2.06. The number of piperidine rings is 2. The van der Waals surface area contributed by atoms with Crippen molar-refractivity contribution < 1.29 is 5.11 Å². The Bertz CT molecular complexity index is 469. The molecule has 2 saturated heterocycles. The number of rotatable bonds is 3. The van der Waals surface area contributed by atoms with E-state index in [-0.39, 0.29) is 6.61 Å². The summed E-state index contributed by atoms with van der Waals surface area (Å²) in [6.45, 7) is 5.66. The molecule has 0 saturated carbocycles. The molecule has 1 aromatic rings. The van der Waals surface area contributed by atoms with E-state index in [1.165, 1.54) is 25.8 Å². The monoisotopic (exact) mass is 289 g/mol. The minimum atomic E-state index is 0.102. The van der Waals surface area contributed by atoms with Gasteiger partial charge < -0.3 is 14.9 Å². The summed E-state index contributed by atoms with van der Waals surface area (Å²) < 4.78 is 0. The molecule has 0 spiro atoms. The van der Waals surface area contributed by atoms with Crippen molar-refractivity contribution in [1.29, 1.82) is 0 Å². The fourth-order valence-electron chi connectivity index (χ4n) is 3.93. The number of aryl methyl sites for hydroxylation is 1. The number of pyridine rings is 1. The van der Waals surface area contributed by atoms with Gasteiger partial charge in [-0.2, -0.15) is 0 Å². The Hall–Kier alpha value is -1.13. The molecule has 2 atom stereocenters. The van der Waals surface area contributed by atoms with Crippen molar-refractivity contribution in [3.05, 3.63) is 23.4 Å². The lowest BCUT2D eigenvalue weighted by Gasteiger charge is -2.46. The number of fused-ring (bicyclic) bond motifs is 1. The molecule has 4 nitrogen and oxygen atoms in total. The summed E-state index contributed by atoms with van der Waals surface area (Å²) in [5.41, 5.74) is 2.07. The van der Waals surface area contributed by atoms with E-state index in [2.05, 4.69) is 29.8 Å². The Morgan fingerprint density at radius 2 is 2.14 bits per heavy atom. The third kappa shape index (κ3) is 3.06. The van der Waals surface area contributed by atoms with Crippen LogP contribution in [0.1, 0.15) is 37.4 Å². The lowest BCUT2D eigenvalue weighted by Crippen LogP contribution is -2.53. The highest BCUT2D eigenvalue weighted by atomic mass is 16.3. The lowest BCUT2D eigenvalue weighted by molar-refractivity contribution is 0.102. The van der Waals surface area contributed by atoms with Gasteiger partial charge in [-0.05, 0) is 62.9 Å². The van der Waals surface area contributed by atoms with E-state index in [0.29, 0.717) is 0 Å². The largest absolute Gasteiger partial charge is 0.392 e. The third-order valence-electron chi connectivity index (χ3n) is 5.14. The molecule has 0 amide bonds. The fourth-order valence-corrected chi connectivity index (χ4v) is 3.93. The van der Waals surface area contributed by atoms with Crippen molar-refractivity contribution in [3.63, 3.8) is 0 Å². The summed E-state index contributed by atoms with van der Waals surface area (Å²) in [5, 5.41) is 9.45. The maximum Gasteiger partial charge on any atom is 0.129 e. The van der Waals surface area contributed by atoms with E-state index in [9.17, 15) is 5.11 Å². The number of likely N-dealkylation sites (tertiary alicyclic amines) is 1. The molecule has 0 aromatic carbocycles. The number of nitrogens with zero attached hydrogens (tertiary/aromatic N) is 3. The van der Waals surface area contributed by atoms with Crippen LogP contribution in [-0.4, -0.2) is 47.7 Å². The molecular weight excluding hydrogens is 262 g/mol.